The second kappa shape index (κ2) is 9.35. The zero-order chi connectivity index (χ0) is 21.7. The Morgan fingerprint density at radius 1 is 1.20 bits per heavy atom. The van der Waals surface area contributed by atoms with Crippen LogP contribution in [0.1, 0.15) is 39.4 Å². The van der Waals surface area contributed by atoms with Crippen LogP contribution in [0.4, 0.5) is 5.82 Å². The third kappa shape index (κ3) is 5.11. The summed E-state index contributed by atoms with van der Waals surface area (Å²) in [6.45, 7) is 0. The first kappa shape index (κ1) is 21.2. The molecule has 0 fully saturated rings. The third-order valence-corrected chi connectivity index (χ3v) is 5.73. The number of nitrogen functional groups attached to an aromatic ring is 1. The fraction of sp³-hybridized carbons (Fsp3) is 0.316. The number of carboxylic acids is 2. The molecule has 10 nitrogen and oxygen atoms in total. The molecule has 3 aromatic heterocycles. The third-order valence-electron chi connectivity index (χ3n) is 4.59. The Kier molecular flexibility index (Phi) is 6.62. The Bertz CT molecular complexity index is 1080. The van der Waals surface area contributed by atoms with E-state index in [4.69, 9.17) is 15.9 Å². The number of fused-ring (bicyclic) bond motifs is 1. The summed E-state index contributed by atoms with van der Waals surface area (Å²) >= 11 is 1.28. The van der Waals surface area contributed by atoms with Crippen molar-refractivity contribution in [3.63, 3.8) is 0 Å². The van der Waals surface area contributed by atoms with E-state index >= 15 is 0 Å². The Morgan fingerprint density at radius 2 is 2.00 bits per heavy atom. The van der Waals surface area contributed by atoms with Gasteiger partial charge in [0.05, 0.1) is 10.3 Å². The van der Waals surface area contributed by atoms with E-state index in [2.05, 4.69) is 20.3 Å². The van der Waals surface area contributed by atoms with Crippen LogP contribution < -0.4 is 11.1 Å². The van der Waals surface area contributed by atoms with E-state index < -0.39 is 23.9 Å². The largest absolute Gasteiger partial charge is 0.481 e. The number of aromatic amines is 1. The van der Waals surface area contributed by atoms with E-state index in [1.165, 1.54) is 17.7 Å². The number of aryl methyl sites for hydroxylation is 2. The van der Waals surface area contributed by atoms with Crippen molar-refractivity contribution in [1.29, 1.82) is 0 Å². The lowest BCUT2D eigenvalue weighted by atomic mass is 10.1. The number of amides is 1. The van der Waals surface area contributed by atoms with Gasteiger partial charge in [0, 0.05) is 17.5 Å². The molecule has 158 valence electrons. The minimum absolute atomic E-state index is 0.174. The molecule has 0 aromatic carbocycles. The van der Waals surface area contributed by atoms with Gasteiger partial charge in [-0.3, -0.25) is 9.59 Å². The molecular weight excluding hydrogens is 410 g/mol. The number of nitrogens with two attached hydrogens (primary N) is 1. The quantitative estimate of drug-likeness (QED) is 0.323. The van der Waals surface area contributed by atoms with Crippen molar-refractivity contribution >= 4 is 46.0 Å². The molecule has 1 amide bonds. The number of anilines is 1. The van der Waals surface area contributed by atoms with Crippen LogP contribution in [0, 0.1) is 0 Å². The van der Waals surface area contributed by atoms with Crippen LogP contribution in [0.5, 0.6) is 0 Å². The van der Waals surface area contributed by atoms with Crippen LogP contribution in [0.2, 0.25) is 0 Å². The predicted molar refractivity (Wildman–Crippen MR) is 110 cm³/mol. The summed E-state index contributed by atoms with van der Waals surface area (Å²) in [6, 6.07) is 2.23. The maximum absolute atomic E-state index is 12.3. The molecule has 0 saturated heterocycles. The van der Waals surface area contributed by atoms with Gasteiger partial charge in [-0.15, -0.1) is 11.3 Å². The monoisotopic (exact) mass is 431 g/mol. The van der Waals surface area contributed by atoms with Crippen LogP contribution in [-0.2, 0) is 22.4 Å². The summed E-state index contributed by atoms with van der Waals surface area (Å²) in [7, 11) is 0. The van der Waals surface area contributed by atoms with Crippen LogP contribution in [0.3, 0.4) is 0 Å². The Labute approximate surface area is 175 Å². The number of carbonyl (C=O) groups excluding carboxylic acids is 1. The summed E-state index contributed by atoms with van der Waals surface area (Å²) < 4.78 is 0. The number of aliphatic carboxylic acids is 2. The molecule has 11 heteroatoms. The van der Waals surface area contributed by atoms with Gasteiger partial charge in [-0.1, -0.05) is 0 Å². The van der Waals surface area contributed by atoms with Crippen molar-refractivity contribution < 1.29 is 24.6 Å². The fourth-order valence-corrected chi connectivity index (χ4v) is 4.04. The molecular formula is C19H21N5O5S. The minimum Gasteiger partial charge on any atom is -0.481 e. The highest BCUT2D eigenvalue weighted by atomic mass is 32.1. The maximum Gasteiger partial charge on any atom is 0.326 e. The second-order valence-corrected chi connectivity index (χ2v) is 7.88. The fourth-order valence-electron chi connectivity index (χ4n) is 3.09. The molecule has 1 atom stereocenters. The lowest BCUT2D eigenvalue weighted by molar-refractivity contribution is -0.140. The average molecular weight is 431 g/mol. The van der Waals surface area contributed by atoms with Crippen LogP contribution in [-0.4, -0.2) is 49.1 Å². The molecule has 0 bridgehead atoms. The lowest BCUT2D eigenvalue weighted by Crippen LogP contribution is -2.40. The number of hydrogen-bond donors (Lipinski definition) is 5. The molecule has 30 heavy (non-hydrogen) atoms. The highest BCUT2D eigenvalue weighted by molar-refractivity contribution is 7.14. The van der Waals surface area contributed by atoms with E-state index in [0.29, 0.717) is 16.3 Å². The predicted octanol–water partition coefficient (Wildman–Crippen LogP) is 1.82. The molecule has 3 rings (SSSR count). The number of thiophene rings is 1. The highest BCUT2D eigenvalue weighted by Crippen LogP contribution is 2.24. The van der Waals surface area contributed by atoms with E-state index in [1.807, 2.05) is 12.3 Å². The first-order valence-corrected chi connectivity index (χ1v) is 10.1. The standard InChI is InChI=1S/C19H21N5O5S/c20-16-15-10(8-21-17(15)23-9-22-16)2-1-3-11-4-6-13(30-11)18(27)24-12(19(28)29)5-7-14(25)26/h4,6,8-9,12H,1-3,5,7H2,(H,24,27)(H,25,26)(H,28,29)(H3,20,21,22,23). The summed E-state index contributed by atoms with van der Waals surface area (Å²) in [5, 5.41) is 21.1. The number of nitrogens with zero attached hydrogens (tertiary/aromatic N) is 2. The number of carbonyl (C=O) groups is 3. The Morgan fingerprint density at radius 3 is 2.73 bits per heavy atom. The smallest absolute Gasteiger partial charge is 0.326 e. The number of H-pyrrole nitrogens is 1. The van der Waals surface area contributed by atoms with Gasteiger partial charge in [0.25, 0.3) is 5.91 Å². The number of hydrogen-bond acceptors (Lipinski definition) is 7. The van der Waals surface area contributed by atoms with Crippen molar-refractivity contribution in [1.82, 2.24) is 20.3 Å². The van der Waals surface area contributed by atoms with Gasteiger partial charge < -0.3 is 26.2 Å². The zero-order valence-electron chi connectivity index (χ0n) is 15.9. The molecule has 0 aliphatic rings. The SMILES string of the molecule is Nc1ncnc2[nH]cc(CCCc3ccc(C(=O)NC(CCC(=O)O)C(=O)O)s3)c12. The molecule has 0 spiro atoms. The topological polar surface area (TPSA) is 171 Å². The summed E-state index contributed by atoms with van der Waals surface area (Å²) in [5.41, 5.74) is 7.66. The zero-order valence-corrected chi connectivity index (χ0v) is 16.7. The van der Waals surface area contributed by atoms with Gasteiger partial charge in [0.15, 0.2) is 0 Å². The van der Waals surface area contributed by atoms with Crippen molar-refractivity contribution in [2.24, 2.45) is 0 Å². The Hall–Kier alpha value is -3.47. The van der Waals surface area contributed by atoms with Gasteiger partial charge in [-0.2, -0.15) is 0 Å². The Balaban J connectivity index is 1.56. The van der Waals surface area contributed by atoms with Gasteiger partial charge >= 0.3 is 11.9 Å². The van der Waals surface area contributed by atoms with E-state index in [9.17, 15) is 14.4 Å². The second-order valence-electron chi connectivity index (χ2n) is 6.71. The molecule has 0 aliphatic carbocycles. The van der Waals surface area contributed by atoms with Crippen LogP contribution in [0.15, 0.2) is 24.7 Å². The number of aromatic nitrogens is 3. The van der Waals surface area contributed by atoms with Gasteiger partial charge in [-0.25, -0.2) is 14.8 Å². The van der Waals surface area contributed by atoms with E-state index in [0.717, 1.165) is 35.1 Å². The highest BCUT2D eigenvalue weighted by Gasteiger charge is 2.22. The van der Waals surface area contributed by atoms with E-state index in [1.54, 1.807) is 6.07 Å². The van der Waals surface area contributed by atoms with Gasteiger partial charge in [0.2, 0.25) is 0 Å². The number of rotatable bonds is 10. The summed E-state index contributed by atoms with van der Waals surface area (Å²) in [6.07, 6.45) is 5.08. The molecule has 0 radical (unpaired) electrons. The van der Waals surface area contributed by atoms with Crippen molar-refractivity contribution in [3.8, 4) is 0 Å². The number of nitrogens with one attached hydrogen (secondary N) is 2. The molecule has 0 aliphatic heterocycles. The first-order valence-electron chi connectivity index (χ1n) is 9.25. The van der Waals surface area contributed by atoms with Crippen LogP contribution in [0.25, 0.3) is 11.0 Å². The molecule has 0 saturated carbocycles. The van der Waals surface area contributed by atoms with Crippen molar-refractivity contribution in [3.05, 3.63) is 40.0 Å². The first-order chi connectivity index (χ1) is 14.3. The maximum atomic E-state index is 12.3. The normalized spacial score (nSPS) is 12.0. The van der Waals surface area contributed by atoms with E-state index in [-0.39, 0.29) is 12.8 Å². The average Bonchev–Trinajstić information content (AvgIpc) is 3.33. The minimum atomic E-state index is -1.26. The number of carboxylic acid groups (broad SMARTS) is 2. The van der Waals surface area contributed by atoms with Crippen LogP contribution >= 0.6 is 11.3 Å². The van der Waals surface area contributed by atoms with Gasteiger partial charge in [-0.05, 0) is 43.4 Å². The molecule has 6 N–H and O–H groups in total. The summed E-state index contributed by atoms with van der Waals surface area (Å²) in [4.78, 5) is 46.8. The molecule has 1 unspecified atom stereocenters. The lowest BCUT2D eigenvalue weighted by Gasteiger charge is -2.12. The molecule has 3 aromatic rings. The molecule has 3 heterocycles. The summed E-state index contributed by atoms with van der Waals surface area (Å²) in [5.74, 6) is -2.46. The van der Waals surface area contributed by atoms with Gasteiger partial charge in [0.1, 0.15) is 23.8 Å². The van der Waals surface area contributed by atoms with Crippen molar-refractivity contribution in [2.45, 2.75) is 38.1 Å². The van der Waals surface area contributed by atoms with Crippen molar-refractivity contribution in [2.75, 3.05) is 5.73 Å².